The zero-order valence-corrected chi connectivity index (χ0v) is 13.5. The molecule has 1 amide bonds. The van der Waals surface area contributed by atoms with E-state index < -0.39 is 15.7 Å². The zero-order chi connectivity index (χ0) is 16.0. The number of carbonyl (C=O) groups excluding carboxylic acids is 1. The summed E-state index contributed by atoms with van der Waals surface area (Å²) >= 11 is 0. The van der Waals surface area contributed by atoms with Crippen LogP contribution in [0.5, 0.6) is 0 Å². The standard InChI is InChI=1S/C15H19N3O3S/c1-11-3-5-12(6-4-11)13-14(19)17-15(16-13)7-9-18(10-8-15)22(2,20)21/h3-6H,7-10H2,1-2H3,(H,17,19). The summed E-state index contributed by atoms with van der Waals surface area (Å²) in [6.07, 6.45) is 2.21. The number of aliphatic imine (C=N–C) groups is 1. The molecule has 1 aromatic carbocycles. The Morgan fingerprint density at radius 3 is 2.32 bits per heavy atom. The van der Waals surface area contributed by atoms with Crippen molar-refractivity contribution in [3.63, 3.8) is 0 Å². The molecular weight excluding hydrogens is 302 g/mol. The molecule has 1 aromatic rings. The van der Waals surface area contributed by atoms with Gasteiger partial charge in [0, 0.05) is 31.5 Å². The molecule has 7 heteroatoms. The van der Waals surface area contributed by atoms with Gasteiger partial charge < -0.3 is 5.32 Å². The topological polar surface area (TPSA) is 78.8 Å². The van der Waals surface area contributed by atoms with Crippen molar-refractivity contribution in [2.45, 2.75) is 25.4 Å². The molecule has 22 heavy (non-hydrogen) atoms. The van der Waals surface area contributed by atoms with E-state index in [0.717, 1.165) is 11.1 Å². The van der Waals surface area contributed by atoms with Crippen molar-refractivity contribution >= 4 is 21.6 Å². The van der Waals surface area contributed by atoms with Crippen molar-refractivity contribution in [1.82, 2.24) is 9.62 Å². The maximum absolute atomic E-state index is 12.2. The lowest BCUT2D eigenvalue weighted by molar-refractivity contribution is -0.115. The summed E-state index contributed by atoms with van der Waals surface area (Å²) in [6.45, 7) is 2.75. The summed E-state index contributed by atoms with van der Waals surface area (Å²) in [5, 5.41) is 2.94. The van der Waals surface area contributed by atoms with Gasteiger partial charge in [-0.05, 0) is 6.92 Å². The Morgan fingerprint density at radius 2 is 1.77 bits per heavy atom. The number of benzene rings is 1. The first-order chi connectivity index (χ1) is 10.3. The van der Waals surface area contributed by atoms with Crippen molar-refractivity contribution < 1.29 is 13.2 Å². The molecule has 2 aliphatic heterocycles. The number of rotatable bonds is 2. The SMILES string of the molecule is Cc1ccc(C2=NC3(CCN(S(C)(=O)=O)CC3)NC2=O)cc1. The third-order valence-electron chi connectivity index (χ3n) is 4.23. The van der Waals surface area contributed by atoms with Crippen molar-refractivity contribution in [1.29, 1.82) is 0 Å². The second-order valence-electron chi connectivity index (χ2n) is 5.97. The van der Waals surface area contributed by atoms with Crippen LogP contribution < -0.4 is 5.32 Å². The van der Waals surface area contributed by atoms with Gasteiger partial charge in [0.1, 0.15) is 11.4 Å². The van der Waals surface area contributed by atoms with E-state index in [0.29, 0.717) is 31.6 Å². The minimum Gasteiger partial charge on any atom is -0.326 e. The van der Waals surface area contributed by atoms with Gasteiger partial charge in [0.05, 0.1) is 6.26 Å². The molecule has 6 nitrogen and oxygen atoms in total. The van der Waals surface area contributed by atoms with Crippen LogP contribution in [0.3, 0.4) is 0 Å². The fourth-order valence-corrected chi connectivity index (χ4v) is 3.74. The highest BCUT2D eigenvalue weighted by atomic mass is 32.2. The third-order valence-corrected chi connectivity index (χ3v) is 5.53. The average Bonchev–Trinajstić information content (AvgIpc) is 2.76. The number of hydrogen-bond donors (Lipinski definition) is 1. The Morgan fingerprint density at radius 1 is 1.18 bits per heavy atom. The molecule has 0 aliphatic carbocycles. The molecular formula is C15H19N3O3S. The predicted molar refractivity (Wildman–Crippen MR) is 84.2 cm³/mol. The largest absolute Gasteiger partial charge is 0.326 e. The van der Waals surface area contributed by atoms with E-state index in [9.17, 15) is 13.2 Å². The lowest BCUT2D eigenvalue weighted by Crippen LogP contribution is -2.52. The Bertz CT molecular complexity index is 730. The lowest BCUT2D eigenvalue weighted by Gasteiger charge is -2.35. The first-order valence-electron chi connectivity index (χ1n) is 7.24. The van der Waals surface area contributed by atoms with Crippen LogP contribution in [0.15, 0.2) is 29.3 Å². The van der Waals surface area contributed by atoms with Gasteiger partial charge in [-0.3, -0.25) is 9.79 Å². The van der Waals surface area contributed by atoms with Crippen molar-refractivity contribution in [3.8, 4) is 0 Å². The van der Waals surface area contributed by atoms with Gasteiger partial charge in [-0.2, -0.15) is 0 Å². The van der Waals surface area contributed by atoms with Gasteiger partial charge >= 0.3 is 0 Å². The van der Waals surface area contributed by atoms with Crippen LogP contribution in [0, 0.1) is 6.92 Å². The summed E-state index contributed by atoms with van der Waals surface area (Å²) < 4.78 is 24.6. The number of aryl methyl sites for hydroxylation is 1. The summed E-state index contributed by atoms with van der Waals surface area (Å²) in [4.78, 5) is 16.8. The monoisotopic (exact) mass is 321 g/mol. The number of amides is 1. The molecule has 1 saturated heterocycles. The number of nitrogens with one attached hydrogen (secondary N) is 1. The first kappa shape index (κ1) is 15.2. The van der Waals surface area contributed by atoms with E-state index >= 15 is 0 Å². The minimum absolute atomic E-state index is 0.184. The fraction of sp³-hybridized carbons (Fsp3) is 0.467. The maximum Gasteiger partial charge on any atom is 0.272 e. The van der Waals surface area contributed by atoms with E-state index in [1.54, 1.807) is 0 Å². The minimum atomic E-state index is -3.18. The molecule has 2 aliphatic rings. The average molecular weight is 321 g/mol. The van der Waals surface area contributed by atoms with Crippen molar-refractivity contribution in [3.05, 3.63) is 35.4 Å². The van der Waals surface area contributed by atoms with Gasteiger partial charge in [-0.15, -0.1) is 0 Å². The van der Waals surface area contributed by atoms with Gasteiger partial charge in [0.15, 0.2) is 0 Å². The maximum atomic E-state index is 12.2. The lowest BCUT2D eigenvalue weighted by atomic mass is 10.00. The molecule has 118 valence electrons. The smallest absolute Gasteiger partial charge is 0.272 e. The van der Waals surface area contributed by atoms with E-state index in [1.165, 1.54) is 10.6 Å². The highest BCUT2D eigenvalue weighted by molar-refractivity contribution is 7.88. The number of sulfonamides is 1. The summed E-state index contributed by atoms with van der Waals surface area (Å²) in [5.41, 5.74) is 1.70. The highest BCUT2D eigenvalue weighted by Gasteiger charge is 2.43. The Labute approximate surface area is 130 Å². The number of carbonyl (C=O) groups is 1. The Balaban J connectivity index is 1.83. The fourth-order valence-electron chi connectivity index (χ4n) is 2.89. The highest BCUT2D eigenvalue weighted by Crippen LogP contribution is 2.29. The number of hydrogen-bond acceptors (Lipinski definition) is 4. The van der Waals surface area contributed by atoms with E-state index in [1.807, 2.05) is 31.2 Å². The van der Waals surface area contributed by atoms with Gasteiger partial charge in [-0.25, -0.2) is 12.7 Å². The van der Waals surface area contributed by atoms with Crippen molar-refractivity contribution in [2.24, 2.45) is 4.99 Å². The molecule has 1 N–H and O–H groups in total. The van der Waals surface area contributed by atoms with Gasteiger partial charge in [-0.1, -0.05) is 29.8 Å². The molecule has 1 fully saturated rings. The molecule has 0 saturated carbocycles. The van der Waals surface area contributed by atoms with Gasteiger partial charge in [0.2, 0.25) is 10.0 Å². The molecule has 0 bridgehead atoms. The molecule has 0 unspecified atom stereocenters. The summed E-state index contributed by atoms with van der Waals surface area (Å²) in [7, 11) is -3.18. The van der Waals surface area contributed by atoms with Crippen LogP contribution in [0.1, 0.15) is 24.0 Å². The van der Waals surface area contributed by atoms with Crippen LogP contribution in [0.2, 0.25) is 0 Å². The molecule has 0 atom stereocenters. The van der Waals surface area contributed by atoms with Crippen LogP contribution in [-0.2, 0) is 14.8 Å². The third kappa shape index (κ3) is 2.78. The zero-order valence-electron chi connectivity index (χ0n) is 12.7. The summed E-state index contributed by atoms with van der Waals surface area (Å²) in [5.74, 6) is -0.184. The predicted octanol–water partition coefficient (Wildman–Crippen LogP) is 0.666. The van der Waals surface area contributed by atoms with E-state index in [-0.39, 0.29) is 5.91 Å². The Kier molecular flexibility index (Phi) is 3.57. The molecule has 0 radical (unpaired) electrons. The second-order valence-corrected chi connectivity index (χ2v) is 7.96. The molecule has 2 heterocycles. The van der Waals surface area contributed by atoms with Gasteiger partial charge in [0.25, 0.3) is 5.91 Å². The Hall–Kier alpha value is -1.73. The van der Waals surface area contributed by atoms with Crippen LogP contribution in [0.4, 0.5) is 0 Å². The molecule has 1 spiro atoms. The molecule has 0 aromatic heterocycles. The van der Waals surface area contributed by atoms with E-state index in [4.69, 9.17) is 0 Å². The normalized spacial score (nSPS) is 21.7. The van der Waals surface area contributed by atoms with Crippen molar-refractivity contribution in [2.75, 3.05) is 19.3 Å². The van der Waals surface area contributed by atoms with E-state index in [2.05, 4.69) is 10.3 Å². The quantitative estimate of drug-likeness (QED) is 0.869. The second kappa shape index (κ2) is 5.17. The number of nitrogens with zero attached hydrogens (tertiary/aromatic N) is 2. The van der Waals surface area contributed by atoms with Crippen LogP contribution in [-0.4, -0.2) is 49.4 Å². The van der Waals surface area contributed by atoms with Crippen LogP contribution in [0.25, 0.3) is 0 Å². The van der Waals surface area contributed by atoms with Crippen LogP contribution >= 0.6 is 0 Å². The summed E-state index contributed by atoms with van der Waals surface area (Å²) in [6, 6.07) is 7.67. The first-order valence-corrected chi connectivity index (χ1v) is 9.08. The number of piperidine rings is 1. The molecule has 3 rings (SSSR count).